The molecule has 6 nitrogen and oxygen atoms in total. The summed E-state index contributed by atoms with van der Waals surface area (Å²) in [5.74, 6) is 1.22. The summed E-state index contributed by atoms with van der Waals surface area (Å²) < 4.78 is 55.3. The number of nitrogens with one attached hydrogen (secondary N) is 2. The van der Waals surface area contributed by atoms with Crippen LogP contribution in [0.5, 0.6) is 17.2 Å². The second-order valence-electron chi connectivity index (χ2n) is 10.8. The minimum Gasteiger partial charge on any atom is -0.494 e. The quantitative estimate of drug-likeness (QED) is 0.175. The molecule has 41 heavy (non-hydrogen) atoms. The van der Waals surface area contributed by atoms with E-state index in [1.54, 1.807) is 19.4 Å². The summed E-state index contributed by atoms with van der Waals surface area (Å²) in [4.78, 5) is 2.91. The van der Waals surface area contributed by atoms with Crippen LogP contribution in [0.15, 0.2) is 54.7 Å². The standard InChI is InChI=1S/C31H31F3N4O2S/c1-31(2,34)24-13-18(33)5-7-21(24)30-28(22-8-10-25-23(15-35-37-25)29(22)41-30)40-20-6-9-26(27(14-20)39-3)36-19-16-38(17-19)12-4-11-32/h5-10,13-15,19,36H,4,11-12,16-17H2,1-3H3,(H,35,37). The van der Waals surface area contributed by atoms with Gasteiger partial charge in [0.2, 0.25) is 0 Å². The molecule has 0 aliphatic carbocycles. The van der Waals surface area contributed by atoms with Crippen molar-refractivity contribution < 1.29 is 22.6 Å². The Labute approximate surface area is 240 Å². The van der Waals surface area contributed by atoms with E-state index in [4.69, 9.17) is 9.47 Å². The van der Waals surface area contributed by atoms with Crippen LogP contribution in [0.1, 0.15) is 25.8 Å². The highest BCUT2D eigenvalue weighted by Gasteiger charge is 2.29. The third-order valence-corrected chi connectivity index (χ3v) is 8.67. The Morgan fingerprint density at radius 2 is 1.95 bits per heavy atom. The van der Waals surface area contributed by atoms with Crippen molar-refractivity contribution in [1.82, 2.24) is 15.1 Å². The number of nitrogens with zero attached hydrogens (tertiary/aromatic N) is 2. The number of anilines is 1. The maximum atomic E-state index is 15.4. The van der Waals surface area contributed by atoms with E-state index in [0.717, 1.165) is 46.3 Å². The van der Waals surface area contributed by atoms with Crippen molar-refractivity contribution in [2.75, 3.05) is 38.7 Å². The molecule has 3 aromatic carbocycles. The molecule has 0 radical (unpaired) electrons. The second-order valence-corrected chi connectivity index (χ2v) is 11.8. The first-order valence-corrected chi connectivity index (χ1v) is 14.4. The molecule has 0 amide bonds. The SMILES string of the molecule is COc1cc(Oc2c(-c3ccc(F)cc3C(C)(C)F)sc3c2ccc2[nH]ncc23)ccc1NC1CN(CCCF)C1. The molecule has 214 valence electrons. The van der Waals surface area contributed by atoms with Gasteiger partial charge < -0.3 is 14.8 Å². The molecule has 1 aliphatic heterocycles. The van der Waals surface area contributed by atoms with Gasteiger partial charge in [-0.1, -0.05) is 6.07 Å². The number of hydrogen-bond donors (Lipinski definition) is 2. The molecule has 2 N–H and O–H groups in total. The predicted octanol–water partition coefficient (Wildman–Crippen LogP) is 8.04. The molecule has 3 heterocycles. The fourth-order valence-corrected chi connectivity index (χ4v) is 6.63. The van der Waals surface area contributed by atoms with Crippen molar-refractivity contribution in [3.05, 3.63) is 66.1 Å². The Morgan fingerprint density at radius 3 is 2.71 bits per heavy atom. The van der Waals surface area contributed by atoms with Gasteiger partial charge in [-0.15, -0.1) is 11.3 Å². The fourth-order valence-electron chi connectivity index (χ4n) is 5.36. The highest BCUT2D eigenvalue weighted by Crippen LogP contribution is 2.51. The normalized spacial score (nSPS) is 14.5. The van der Waals surface area contributed by atoms with Gasteiger partial charge in [-0.3, -0.25) is 14.4 Å². The van der Waals surface area contributed by atoms with Crippen LogP contribution < -0.4 is 14.8 Å². The van der Waals surface area contributed by atoms with Crippen molar-refractivity contribution in [3.8, 4) is 27.7 Å². The Morgan fingerprint density at radius 1 is 1.12 bits per heavy atom. The molecule has 1 fully saturated rings. The van der Waals surface area contributed by atoms with E-state index >= 15 is 4.39 Å². The van der Waals surface area contributed by atoms with Gasteiger partial charge in [0, 0.05) is 52.3 Å². The highest BCUT2D eigenvalue weighted by atomic mass is 32.1. The van der Waals surface area contributed by atoms with Gasteiger partial charge >= 0.3 is 0 Å². The van der Waals surface area contributed by atoms with Gasteiger partial charge in [-0.2, -0.15) is 5.10 Å². The van der Waals surface area contributed by atoms with Gasteiger partial charge in [0.25, 0.3) is 0 Å². The topological polar surface area (TPSA) is 62.4 Å². The summed E-state index contributed by atoms with van der Waals surface area (Å²) in [6.45, 7) is 5.00. The fraction of sp³-hybridized carbons (Fsp3) is 0.323. The van der Waals surface area contributed by atoms with Crippen LogP contribution >= 0.6 is 11.3 Å². The summed E-state index contributed by atoms with van der Waals surface area (Å²) in [5, 5.41) is 12.5. The average Bonchev–Trinajstić information content (AvgIpc) is 3.55. The van der Waals surface area contributed by atoms with E-state index < -0.39 is 11.5 Å². The van der Waals surface area contributed by atoms with Crippen LogP contribution in [0.4, 0.5) is 18.9 Å². The molecule has 10 heteroatoms. The highest BCUT2D eigenvalue weighted by molar-refractivity contribution is 7.23. The maximum Gasteiger partial charge on any atom is 0.153 e. The second kappa shape index (κ2) is 10.9. The van der Waals surface area contributed by atoms with E-state index in [0.29, 0.717) is 34.1 Å². The molecular formula is C31H31F3N4O2S. The smallest absolute Gasteiger partial charge is 0.153 e. The van der Waals surface area contributed by atoms with Crippen molar-refractivity contribution in [3.63, 3.8) is 0 Å². The van der Waals surface area contributed by atoms with Crippen LogP contribution in [0.2, 0.25) is 0 Å². The molecule has 0 saturated carbocycles. The number of halogens is 3. The number of aromatic nitrogens is 2. The van der Waals surface area contributed by atoms with Gasteiger partial charge in [-0.05, 0) is 56.7 Å². The molecule has 5 aromatic rings. The average molecular weight is 581 g/mol. The molecule has 0 unspecified atom stereocenters. The lowest BCUT2D eigenvalue weighted by molar-refractivity contribution is 0.155. The van der Waals surface area contributed by atoms with Crippen molar-refractivity contribution >= 4 is 38.0 Å². The van der Waals surface area contributed by atoms with Gasteiger partial charge in [0.05, 0.1) is 42.1 Å². The van der Waals surface area contributed by atoms with Gasteiger partial charge in [0.15, 0.2) is 5.75 Å². The minimum atomic E-state index is -1.78. The Hall–Kier alpha value is -3.76. The number of alkyl halides is 2. The van der Waals surface area contributed by atoms with Crippen molar-refractivity contribution in [2.45, 2.75) is 32.0 Å². The lowest BCUT2D eigenvalue weighted by Gasteiger charge is -2.40. The summed E-state index contributed by atoms with van der Waals surface area (Å²) >= 11 is 1.46. The monoisotopic (exact) mass is 580 g/mol. The number of thiophene rings is 1. The molecule has 0 atom stereocenters. The maximum absolute atomic E-state index is 15.4. The van der Waals surface area contributed by atoms with Crippen LogP contribution in [0.3, 0.4) is 0 Å². The molecule has 1 saturated heterocycles. The van der Waals surface area contributed by atoms with Crippen molar-refractivity contribution in [1.29, 1.82) is 0 Å². The summed E-state index contributed by atoms with van der Waals surface area (Å²) in [7, 11) is 1.60. The number of fused-ring (bicyclic) bond motifs is 3. The number of benzene rings is 3. The molecule has 2 aromatic heterocycles. The number of ether oxygens (including phenoxy) is 2. The third-order valence-electron chi connectivity index (χ3n) is 7.41. The summed E-state index contributed by atoms with van der Waals surface area (Å²) in [6.07, 6.45) is 2.31. The zero-order valence-corrected chi connectivity index (χ0v) is 23.9. The van der Waals surface area contributed by atoms with Crippen LogP contribution in [-0.2, 0) is 5.67 Å². The number of likely N-dealkylation sites (tertiary alicyclic amines) is 1. The lowest BCUT2D eigenvalue weighted by Crippen LogP contribution is -2.54. The van der Waals surface area contributed by atoms with E-state index in [2.05, 4.69) is 20.4 Å². The first kappa shape index (κ1) is 27.4. The number of hydrogen-bond acceptors (Lipinski definition) is 6. The molecule has 6 rings (SSSR count). The number of H-pyrrole nitrogens is 1. The summed E-state index contributed by atoms with van der Waals surface area (Å²) in [6, 6.07) is 13.9. The van der Waals surface area contributed by atoms with E-state index in [1.165, 1.54) is 37.3 Å². The molecular weight excluding hydrogens is 549 g/mol. The van der Waals surface area contributed by atoms with E-state index in [9.17, 15) is 8.78 Å². The van der Waals surface area contributed by atoms with Crippen LogP contribution in [0, 0.1) is 5.82 Å². The molecule has 1 aliphatic rings. The Kier molecular flexibility index (Phi) is 7.29. The Balaban J connectivity index is 1.38. The number of rotatable bonds is 10. The largest absolute Gasteiger partial charge is 0.494 e. The van der Waals surface area contributed by atoms with Gasteiger partial charge in [-0.25, -0.2) is 8.78 Å². The van der Waals surface area contributed by atoms with E-state index in [1.807, 2.05) is 30.3 Å². The zero-order valence-electron chi connectivity index (χ0n) is 23.1. The predicted molar refractivity (Wildman–Crippen MR) is 159 cm³/mol. The van der Waals surface area contributed by atoms with Crippen LogP contribution in [0.25, 0.3) is 31.4 Å². The first-order valence-electron chi connectivity index (χ1n) is 13.5. The third kappa shape index (κ3) is 5.34. The summed E-state index contributed by atoms with van der Waals surface area (Å²) in [5.41, 5.74) is 0.744. The first-order chi connectivity index (χ1) is 19.7. The Bertz CT molecular complexity index is 1710. The van der Waals surface area contributed by atoms with Gasteiger partial charge in [0.1, 0.15) is 23.0 Å². The van der Waals surface area contributed by atoms with Crippen LogP contribution in [-0.4, -0.2) is 54.6 Å². The minimum absolute atomic E-state index is 0.246. The zero-order chi connectivity index (χ0) is 28.7. The molecule has 0 bridgehead atoms. The molecule has 0 spiro atoms. The number of methoxy groups -OCH3 is 1. The van der Waals surface area contributed by atoms with E-state index in [-0.39, 0.29) is 18.3 Å². The number of aromatic amines is 1. The lowest BCUT2D eigenvalue weighted by atomic mass is 9.93. The van der Waals surface area contributed by atoms with Crippen molar-refractivity contribution in [2.24, 2.45) is 0 Å².